The van der Waals surface area contributed by atoms with Crippen LogP contribution < -0.4 is 4.74 Å². The predicted molar refractivity (Wildman–Crippen MR) is 92.7 cm³/mol. The van der Waals surface area contributed by atoms with Crippen molar-refractivity contribution in [3.05, 3.63) is 66.2 Å². The maximum absolute atomic E-state index is 6.06. The number of benzene rings is 2. The average Bonchev–Trinajstić information content (AvgIpc) is 2.61. The third kappa shape index (κ3) is 6.43. The van der Waals surface area contributed by atoms with Gasteiger partial charge in [0.05, 0.1) is 19.3 Å². The van der Waals surface area contributed by atoms with Crippen LogP contribution in [0.2, 0.25) is 0 Å². The van der Waals surface area contributed by atoms with E-state index in [2.05, 4.69) is 19.1 Å². The van der Waals surface area contributed by atoms with Crippen molar-refractivity contribution in [2.45, 2.75) is 39.1 Å². The highest BCUT2D eigenvalue weighted by Crippen LogP contribution is 2.15. The first kappa shape index (κ1) is 17.5. The van der Waals surface area contributed by atoms with E-state index < -0.39 is 0 Å². The Bertz CT molecular complexity index is 527. The number of rotatable bonds is 10. The van der Waals surface area contributed by atoms with Crippen LogP contribution in [0.5, 0.6) is 5.75 Å². The lowest BCUT2D eigenvalue weighted by molar-refractivity contribution is -0.0582. The molecule has 0 heterocycles. The Morgan fingerprint density at radius 1 is 0.913 bits per heavy atom. The van der Waals surface area contributed by atoms with Crippen LogP contribution in [0.15, 0.2) is 60.7 Å². The van der Waals surface area contributed by atoms with Crippen molar-refractivity contribution in [1.29, 1.82) is 0 Å². The summed E-state index contributed by atoms with van der Waals surface area (Å²) in [6.07, 6.45) is 0.803. The molecule has 0 aliphatic rings. The number of para-hydroxylation sites is 1. The Balaban J connectivity index is 1.91. The number of hydrogen-bond donors (Lipinski definition) is 0. The molecule has 0 unspecified atom stereocenters. The summed E-state index contributed by atoms with van der Waals surface area (Å²) in [5.41, 5.74) is 1.16. The van der Waals surface area contributed by atoms with Crippen molar-refractivity contribution in [2.24, 2.45) is 0 Å². The summed E-state index contributed by atoms with van der Waals surface area (Å²) < 4.78 is 17.7. The summed E-state index contributed by atoms with van der Waals surface area (Å²) in [6.45, 7) is 5.97. The fourth-order valence-electron chi connectivity index (χ4n) is 2.19. The van der Waals surface area contributed by atoms with Crippen LogP contribution in [0.1, 0.15) is 25.8 Å². The molecule has 2 aromatic carbocycles. The lowest BCUT2D eigenvalue weighted by Gasteiger charge is -2.25. The van der Waals surface area contributed by atoms with Crippen molar-refractivity contribution in [3.63, 3.8) is 0 Å². The molecule has 0 amide bonds. The molecule has 124 valence electrons. The average molecular weight is 314 g/mol. The van der Waals surface area contributed by atoms with E-state index in [0.717, 1.165) is 24.3 Å². The smallest absolute Gasteiger partial charge is 0.148 e. The van der Waals surface area contributed by atoms with Gasteiger partial charge in [0.25, 0.3) is 0 Å². The Hall–Kier alpha value is -1.84. The maximum atomic E-state index is 6.06. The molecule has 3 nitrogen and oxygen atoms in total. The Morgan fingerprint density at radius 2 is 1.57 bits per heavy atom. The molecule has 0 aliphatic heterocycles. The van der Waals surface area contributed by atoms with Gasteiger partial charge >= 0.3 is 0 Å². The van der Waals surface area contributed by atoms with Crippen LogP contribution in [0.3, 0.4) is 0 Å². The summed E-state index contributed by atoms with van der Waals surface area (Å²) in [5.74, 6) is 0.841. The molecule has 0 aliphatic carbocycles. The standard InChI is InChI=1S/C20H26O3/c1-3-14-21-16-20(23-19-12-8-5-9-13-19)17(2)22-15-18-10-6-4-7-11-18/h4-13,17,20H,3,14-16H2,1-2H3/t17-,20+/m0/s1. The molecule has 3 heteroatoms. The normalized spacial score (nSPS) is 13.5. The van der Waals surface area contributed by atoms with E-state index in [1.54, 1.807) is 0 Å². The van der Waals surface area contributed by atoms with Crippen LogP contribution in [0.4, 0.5) is 0 Å². The van der Waals surface area contributed by atoms with Gasteiger partial charge < -0.3 is 14.2 Å². The molecule has 2 rings (SSSR count). The molecule has 0 fully saturated rings. The summed E-state index contributed by atoms with van der Waals surface area (Å²) in [4.78, 5) is 0. The van der Waals surface area contributed by atoms with Crippen molar-refractivity contribution in [2.75, 3.05) is 13.2 Å². The maximum Gasteiger partial charge on any atom is 0.148 e. The number of ether oxygens (including phenoxy) is 3. The van der Waals surface area contributed by atoms with Crippen LogP contribution in [0, 0.1) is 0 Å². The molecule has 0 aromatic heterocycles. The van der Waals surface area contributed by atoms with Crippen LogP contribution >= 0.6 is 0 Å². The Morgan fingerprint density at radius 3 is 2.22 bits per heavy atom. The van der Waals surface area contributed by atoms with Gasteiger partial charge in [-0.3, -0.25) is 0 Å². The van der Waals surface area contributed by atoms with Crippen LogP contribution in [-0.4, -0.2) is 25.4 Å². The highest BCUT2D eigenvalue weighted by atomic mass is 16.6. The van der Waals surface area contributed by atoms with Crippen molar-refractivity contribution >= 4 is 0 Å². The van der Waals surface area contributed by atoms with E-state index in [9.17, 15) is 0 Å². The molecule has 0 N–H and O–H groups in total. The topological polar surface area (TPSA) is 27.7 Å². The number of hydrogen-bond acceptors (Lipinski definition) is 3. The zero-order valence-corrected chi connectivity index (χ0v) is 14.0. The highest BCUT2D eigenvalue weighted by Gasteiger charge is 2.20. The summed E-state index contributed by atoms with van der Waals surface area (Å²) >= 11 is 0. The largest absolute Gasteiger partial charge is 0.485 e. The predicted octanol–water partition coefficient (Wildman–Crippen LogP) is 4.47. The third-order valence-corrected chi connectivity index (χ3v) is 3.54. The van der Waals surface area contributed by atoms with Gasteiger partial charge in [-0.2, -0.15) is 0 Å². The molecule has 0 radical (unpaired) electrons. The first-order valence-corrected chi connectivity index (χ1v) is 8.24. The van der Waals surface area contributed by atoms with Gasteiger partial charge in [0, 0.05) is 6.61 Å². The summed E-state index contributed by atoms with van der Waals surface area (Å²) in [5, 5.41) is 0. The van der Waals surface area contributed by atoms with Gasteiger partial charge in [-0.1, -0.05) is 55.5 Å². The second kappa shape index (κ2) is 10.0. The SMILES string of the molecule is CCCOC[C@@H](Oc1ccccc1)[C@H](C)OCc1ccccc1. The molecule has 0 saturated heterocycles. The van der Waals surface area contributed by atoms with Gasteiger partial charge in [0.2, 0.25) is 0 Å². The molecule has 0 bridgehead atoms. The molecular formula is C20H26O3. The van der Waals surface area contributed by atoms with E-state index in [0.29, 0.717) is 13.2 Å². The molecule has 0 spiro atoms. The summed E-state index contributed by atoms with van der Waals surface area (Å²) in [7, 11) is 0. The van der Waals surface area contributed by atoms with Gasteiger partial charge in [0.15, 0.2) is 0 Å². The molecule has 0 saturated carbocycles. The van der Waals surface area contributed by atoms with E-state index in [1.165, 1.54) is 0 Å². The molecule has 2 atom stereocenters. The van der Waals surface area contributed by atoms with Crippen molar-refractivity contribution in [1.82, 2.24) is 0 Å². The first-order valence-electron chi connectivity index (χ1n) is 8.24. The fourth-order valence-corrected chi connectivity index (χ4v) is 2.19. The molecule has 23 heavy (non-hydrogen) atoms. The lowest BCUT2D eigenvalue weighted by atomic mass is 10.2. The molecular weight excluding hydrogens is 288 g/mol. The van der Waals surface area contributed by atoms with Gasteiger partial charge in [-0.25, -0.2) is 0 Å². The zero-order valence-electron chi connectivity index (χ0n) is 14.0. The third-order valence-electron chi connectivity index (χ3n) is 3.54. The van der Waals surface area contributed by atoms with Crippen molar-refractivity contribution < 1.29 is 14.2 Å². The summed E-state index contributed by atoms with van der Waals surface area (Å²) in [6, 6.07) is 20.0. The molecule has 2 aromatic rings. The van der Waals surface area contributed by atoms with E-state index in [1.807, 2.05) is 55.5 Å². The minimum Gasteiger partial charge on any atom is -0.485 e. The minimum atomic E-state index is -0.132. The Kier molecular flexibility index (Phi) is 7.64. The Labute approximate surface area is 139 Å². The van der Waals surface area contributed by atoms with Gasteiger partial charge in [-0.15, -0.1) is 0 Å². The highest BCUT2D eigenvalue weighted by molar-refractivity contribution is 5.21. The first-order chi connectivity index (χ1) is 11.3. The van der Waals surface area contributed by atoms with Gasteiger partial charge in [0.1, 0.15) is 11.9 Å². The fraction of sp³-hybridized carbons (Fsp3) is 0.400. The second-order valence-electron chi connectivity index (χ2n) is 5.55. The van der Waals surface area contributed by atoms with Crippen LogP contribution in [0.25, 0.3) is 0 Å². The van der Waals surface area contributed by atoms with Gasteiger partial charge in [-0.05, 0) is 31.0 Å². The van der Waals surface area contributed by atoms with Crippen LogP contribution in [-0.2, 0) is 16.1 Å². The van der Waals surface area contributed by atoms with E-state index in [4.69, 9.17) is 14.2 Å². The quantitative estimate of drug-likeness (QED) is 0.606. The monoisotopic (exact) mass is 314 g/mol. The minimum absolute atomic E-state index is 0.0627. The zero-order chi connectivity index (χ0) is 16.3. The second-order valence-corrected chi connectivity index (χ2v) is 5.55. The van der Waals surface area contributed by atoms with Crippen molar-refractivity contribution in [3.8, 4) is 5.75 Å². The van der Waals surface area contributed by atoms with E-state index >= 15 is 0 Å². The lowest BCUT2D eigenvalue weighted by Crippen LogP contribution is -2.36. The van der Waals surface area contributed by atoms with E-state index in [-0.39, 0.29) is 12.2 Å².